The van der Waals surface area contributed by atoms with Crippen molar-refractivity contribution in [1.29, 1.82) is 0 Å². The smallest absolute Gasteiger partial charge is 0.0540 e. The van der Waals surface area contributed by atoms with E-state index in [1.54, 1.807) is 0 Å². The molecule has 91 heavy (non-hydrogen) atoms. The van der Waals surface area contributed by atoms with Crippen molar-refractivity contribution >= 4 is 150 Å². The van der Waals surface area contributed by atoms with Crippen molar-refractivity contribution in [2.24, 2.45) is 0 Å². The van der Waals surface area contributed by atoms with E-state index >= 15 is 0 Å². The molecule has 18 aromatic rings. The molecule has 0 N–H and O–H groups in total. The van der Waals surface area contributed by atoms with Crippen LogP contribution in [0.15, 0.2) is 328 Å². The Kier molecular flexibility index (Phi) is 12.8. The number of hydrogen-bond donors (Lipinski definition) is 0. The Labute approximate surface area is 539 Å². The van der Waals surface area contributed by atoms with Gasteiger partial charge in [-0.25, -0.2) is 0 Å². The first kappa shape index (κ1) is 53.1. The molecule has 0 unspecified atom stereocenters. The van der Waals surface area contributed by atoms with E-state index in [9.17, 15) is 0 Å². The van der Waals surface area contributed by atoms with Crippen LogP contribution in [0.5, 0.6) is 0 Å². The third-order valence-electron chi connectivity index (χ3n) is 18.2. The zero-order valence-electron chi connectivity index (χ0n) is 49.3. The zero-order valence-corrected chi connectivity index (χ0v) is 51.7. The molecule has 18 rings (SSSR count). The molecule has 0 saturated heterocycles. The van der Waals surface area contributed by atoms with Crippen molar-refractivity contribution in [3.63, 3.8) is 0 Å². The molecule has 2 nitrogen and oxygen atoms in total. The minimum atomic E-state index is 1.09. The predicted molar refractivity (Wildman–Crippen MR) is 397 cm³/mol. The molecule has 0 amide bonds. The molecule has 15 aromatic carbocycles. The monoisotopic (exact) mass is 1210 g/mol. The second-order valence-corrected chi connectivity index (χ2v) is 26.6. The highest BCUT2D eigenvalue weighted by atomic mass is 32.1. The average Bonchev–Trinajstić information content (AvgIpc) is 1.78. The Bertz CT molecular complexity index is 5700. The Morgan fingerprint density at radius 2 is 0.538 bits per heavy atom. The molecular formula is C86H54N2S3. The van der Waals surface area contributed by atoms with Crippen molar-refractivity contribution in [3.8, 4) is 55.6 Å². The van der Waals surface area contributed by atoms with E-state index < -0.39 is 0 Å². The van der Waals surface area contributed by atoms with Gasteiger partial charge in [0.15, 0.2) is 0 Å². The van der Waals surface area contributed by atoms with Crippen LogP contribution in [0.3, 0.4) is 0 Å². The fourth-order valence-corrected chi connectivity index (χ4v) is 17.7. The summed E-state index contributed by atoms with van der Waals surface area (Å²) < 4.78 is 7.85. The summed E-state index contributed by atoms with van der Waals surface area (Å²) in [5.74, 6) is 0. The molecule has 0 radical (unpaired) electrons. The maximum absolute atomic E-state index is 2.45. The standard InChI is InChI=1S/C86H54N2S3/c1-3-21-62(22-4-1)87(79-37-13-20-57-19-7-8-25-67(57)79)64-46-41-55(42-47-64)56-43-48-65(49-44-56)88(63-23-5-2-6-24-63)80-38-18-32-71-66(28-14-33-72(71)80)58-45-50-75-78-36-17-31-70(86(78)91-83(75)54-58)61-52-59(68-29-15-34-76-73-26-9-11-39-81(73)89-84(68)76)51-60(53-61)69-30-16-35-77-74-27-10-12-40-82(74)90-85(69)77/h1-54H. The van der Waals surface area contributed by atoms with Gasteiger partial charge in [0.25, 0.3) is 0 Å². The first-order valence-corrected chi connectivity index (χ1v) is 33.4. The van der Waals surface area contributed by atoms with E-state index in [1.807, 2.05) is 34.0 Å². The number of nitrogens with zero attached hydrogens (tertiary/aromatic N) is 2. The van der Waals surface area contributed by atoms with Crippen molar-refractivity contribution in [1.82, 2.24) is 0 Å². The lowest BCUT2D eigenvalue weighted by molar-refractivity contribution is 1.29. The van der Waals surface area contributed by atoms with E-state index in [2.05, 4.69) is 337 Å². The lowest BCUT2D eigenvalue weighted by Gasteiger charge is -2.27. The highest BCUT2D eigenvalue weighted by molar-refractivity contribution is 7.27. The van der Waals surface area contributed by atoms with E-state index in [0.29, 0.717) is 0 Å². The molecule has 0 aliphatic carbocycles. The van der Waals surface area contributed by atoms with Gasteiger partial charge < -0.3 is 9.80 Å². The van der Waals surface area contributed by atoms with Crippen LogP contribution in [0.2, 0.25) is 0 Å². The second-order valence-electron chi connectivity index (χ2n) is 23.5. The largest absolute Gasteiger partial charge is 0.310 e. The number of para-hydroxylation sites is 2. The van der Waals surface area contributed by atoms with E-state index in [0.717, 1.165) is 45.3 Å². The highest BCUT2D eigenvalue weighted by Crippen LogP contribution is 2.49. The fraction of sp³-hybridized carbons (Fsp3) is 0. The van der Waals surface area contributed by atoms with Gasteiger partial charge in [-0.2, -0.15) is 0 Å². The number of rotatable bonds is 11. The summed E-state index contributed by atoms with van der Waals surface area (Å²) in [6.45, 7) is 0. The van der Waals surface area contributed by atoms with Gasteiger partial charge in [-0.1, -0.05) is 231 Å². The SMILES string of the molecule is c1ccc(N(c2ccc(-c3ccc(N(c4ccccc4)c4cccc5c(-c6ccc7c(c6)sc6c(-c8cc(-c9cccc%10c9sc9ccccc9%10)cc(-c9cccc%10c9sc9ccccc9%10)c8)cccc67)cccc45)cc3)cc2)c2cccc3ccccc23)cc1. The number of hydrogen-bond acceptors (Lipinski definition) is 5. The van der Waals surface area contributed by atoms with Gasteiger partial charge in [0.05, 0.1) is 11.4 Å². The third kappa shape index (κ3) is 9.11. The fourth-order valence-electron chi connectivity index (χ4n) is 14.0. The topological polar surface area (TPSA) is 6.48 Å². The molecule has 0 bridgehead atoms. The van der Waals surface area contributed by atoms with Crippen molar-refractivity contribution < 1.29 is 0 Å². The summed E-state index contributed by atoms with van der Waals surface area (Å²) >= 11 is 5.70. The maximum Gasteiger partial charge on any atom is 0.0540 e. The first-order valence-electron chi connectivity index (χ1n) is 30.9. The van der Waals surface area contributed by atoms with Crippen molar-refractivity contribution in [2.75, 3.05) is 9.80 Å². The molecule has 5 heteroatoms. The van der Waals surface area contributed by atoms with Gasteiger partial charge in [-0.05, 0) is 163 Å². The summed E-state index contributed by atoms with van der Waals surface area (Å²) in [4.78, 5) is 4.77. The summed E-state index contributed by atoms with van der Waals surface area (Å²) in [6, 6.07) is 121. The molecule has 426 valence electrons. The van der Waals surface area contributed by atoms with Gasteiger partial charge in [0, 0.05) is 94.0 Å². The van der Waals surface area contributed by atoms with E-state index in [-0.39, 0.29) is 0 Å². The van der Waals surface area contributed by atoms with Gasteiger partial charge in [-0.15, -0.1) is 34.0 Å². The summed E-state index contributed by atoms with van der Waals surface area (Å²) in [5.41, 5.74) is 18.9. The molecule has 0 saturated carbocycles. The van der Waals surface area contributed by atoms with Crippen LogP contribution in [0.4, 0.5) is 34.1 Å². The Morgan fingerprint density at radius 1 is 0.187 bits per heavy atom. The number of anilines is 6. The van der Waals surface area contributed by atoms with Crippen LogP contribution < -0.4 is 9.80 Å². The maximum atomic E-state index is 2.45. The molecule has 0 aliphatic rings. The van der Waals surface area contributed by atoms with Crippen LogP contribution in [0.1, 0.15) is 0 Å². The van der Waals surface area contributed by atoms with Crippen LogP contribution in [0.25, 0.3) is 138 Å². The molecule has 0 fully saturated rings. The number of thiophene rings is 3. The minimum absolute atomic E-state index is 1.09. The minimum Gasteiger partial charge on any atom is -0.310 e. The molecule has 0 atom stereocenters. The summed E-state index contributed by atoms with van der Waals surface area (Å²) in [6.07, 6.45) is 0. The molecule has 3 heterocycles. The number of fused-ring (bicyclic) bond motifs is 11. The third-order valence-corrected chi connectivity index (χ3v) is 21.9. The lowest BCUT2D eigenvalue weighted by Crippen LogP contribution is -2.10. The molecular weight excluding hydrogens is 1160 g/mol. The van der Waals surface area contributed by atoms with Gasteiger partial charge in [-0.3, -0.25) is 0 Å². The normalized spacial score (nSPS) is 11.7. The number of benzene rings is 15. The highest BCUT2D eigenvalue weighted by Gasteiger charge is 2.22. The predicted octanol–water partition coefficient (Wildman–Crippen LogP) is 26.4. The Balaban J connectivity index is 0.712. The second kappa shape index (κ2) is 22.0. The van der Waals surface area contributed by atoms with Crippen LogP contribution in [-0.2, 0) is 0 Å². The van der Waals surface area contributed by atoms with E-state index in [1.165, 1.54) is 127 Å². The van der Waals surface area contributed by atoms with Gasteiger partial charge in [0.2, 0.25) is 0 Å². The molecule has 3 aromatic heterocycles. The molecule has 0 spiro atoms. The zero-order chi connectivity index (χ0) is 59.9. The van der Waals surface area contributed by atoms with Crippen molar-refractivity contribution in [2.45, 2.75) is 0 Å². The summed E-state index contributed by atoms with van der Waals surface area (Å²) in [5, 5.41) is 12.6. The average molecular weight is 1210 g/mol. The van der Waals surface area contributed by atoms with E-state index in [4.69, 9.17) is 0 Å². The van der Waals surface area contributed by atoms with Crippen LogP contribution in [-0.4, -0.2) is 0 Å². The Hall–Kier alpha value is -10.9. The summed E-state index contributed by atoms with van der Waals surface area (Å²) in [7, 11) is 0. The van der Waals surface area contributed by atoms with Crippen LogP contribution >= 0.6 is 34.0 Å². The first-order chi connectivity index (χ1) is 45.1. The van der Waals surface area contributed by atoms with Crippen molar-refractivity contribution in [3.05, 3.63) is 328 Å². The van der Waals surface area contributed by atoms with Gasteiger partial charge >= 0.3 is 0 Å². The lowest BCUT2D eigenvalue weighted by atomic mass is 9.91. The quantitative estimate of drug-likeness (QED) is 0.127. The van der Waals surface area contributed by atoms with Crippen LogP contribution in [0, 0.1) is 0 Å². The van der Waals surface area contributed by atoms with Gasteiger partial charge in [0.1, 0.15) is 0 Å². The molecule has 0 aliphatic heterocycles. The Morgan fingerprint density at radius 3 is 1.07 bits per heavy atom.